The average Bonchev–Trinajstić information content (AvgIpc) is 3.64. The Labute approximate surface area is 228 Å². The third-order valence-corrected chi connectivity index (χ3v) is 8.48. The number of hydrogen-bond donors (Lipinski definition) is 1. The van der Waals surface area contributed by atoms with Gasteiger partial charge in [0.1, 0.15) is 16.5 Å². The maximum absolute atomic E-state index is 16.0. The van der Waals surface area contributed by atoms with Gasteiger partial charge < -0.3 is 0 Å². The van der Waals surface area contributed by atoms with E-state index in [1.807, 2.05) is 6.07 Å². The van der Waals surface area contributed by atoms with Crippen LogP contribution in [0.3, 0.4) is 0 Å². The van der Waals surface area contributed by atoms with Gasteiger partial charge in [0.2, 0.25) is 0 Å². The molecule has 3 aromatic heterocycles. The van der Waals surface area contributed by atoms with Crippen LogP contribution in [0.5, 0.6) is 0 Å². The maximum Gasteiger partial charge on any atom is 0.274 e. The molecule has 11 heteroatoms. The van der Waals surface area contributed by atoms with Crippen molar-refractivity contribution >= 4 is 32.9 Å². The highest BCUT2D eigenvalue weighted by Crippen LogP contribution is 2.56. The Morgan fingerprint density at radius 3 is 2.50 bits per heavy atom. The Morgan fingerprint density at radius 1 is 1.08 bits per heavy atom. The molecule has 1 aromatic carbocycles. The first-order valence-corrected chi connectivity index (χ1v) is 14.3. The van der Waals surface area contributed by atoms with Crippen LogP contribution in [-0.4, -0.2) is 25.0 Å². The normalized spacial score (nSPS) is 18.3. The number of aromatic nitrogens is 3. The minimum Gasteiger partial charge on any atom is -0.277 e. The number of benzene rings is 1. The molecule has 196 valence electrons. The standard InChI is InChI=1S/C27H22Cl2F2N4O2S/c1-13-10-34-25(17-5-4-6-21(23(17)30)38(3,32)37)24(31)26(13)35-14(2)7-20(22(29)27(35)36)19-9-18(19)15-8-16(28)12-33-11-15/h4-8,10-12,18-19,32H,9H2,1-3H3/t18-,19+,38?/m1/s1. The molecule has 0 aliphatic heterocycles. The molecule has 5 rings (SSSR count). The molecule has 1 saturated carbocycles. The van der Waals surface area contributed by atoms with Crippen LogP contribution in [0.2, 0.25) is 10.0 Å². The van der Waals surface area contributed by atoms with Crippen molar-refractivity contribution in [2.24, 2.45) is 0 Å². The zero-order valence-electron chi connectivity index (χ0n) is 20.6. The molecule has 3 heterocycles. The van der Waals surface area contributed by atoms with Crippen LogP contribution in [0.25, 0.3) is 16.9 Å². The van der Waals surface area contributed by atoms with Gasteiger partial charge in [0.05, 0.1) is 25.3 Å². The van der Waals surface area contributed by atoms with Crippen molar-refractivity contribution in [3.63, 3.8) is 0 Å². The number of halogens is 4. The van der Waals surface area contributed by atoms with E-state index in [4.69, 9.17) is 28.0 Å². The molecular weight excluding hydrogens is 553 g/mol. The van der Waals surface area contributed by atoms with E-state index in [9.17, 15) is 9.00 Å². The van der Waals surface area contributed by atoms with Gasteiger partial charge in [-0.1, -0.05) is 29.3 Å². The lowest BCUT2D eigenvalue weighted by molar-refractivity contribution is 0.586. The molecule has 0 spiro atoms. The number of nitrogens with one attached hydrogen (secondary N) is 1. The first-order chi connectivity index (χ1) is 17.9. The fraction of sp³-hybridized carbons (Fsp3) is 0.222. The molecule has 1 aliphatic rings. The van der Waals surface area contributed by atoms with Crippen LogP contribution in [0, 0.1) is 30.3 Å². The summed E-state index contributed by atoms with van der Waals surface area (Å²) in [4.78, 5) is 21.4. The predicted octanol–water partition coefficient (Wildman–Crippen LogP) is 6.80. The Bertz CT molecular complexity index is 1790. The Balaban J connectivity index is 1.62. The van der Waals surface area contributed by atoms with Crippen LogP contribution < -0.4 is 5.56 Å². The second-order valence-corrected chi connectivity index (χ2v) is 12.4. The molecule has 0 bridgehead atoms. The Hall–Kier alpha value is -3.14. The van der Waals surface area contributed by atoms with Gasteiger partial charge in [0.15, 0.2) is 5.82 Å². The molecule has 1 N–H and O–H groups in total. The van der Waals surface area contributed by atoms with Gasteiger partial charge in [-0.15, -0.1) is 0 Å². The lowest BCUT2D eigenvalue weighted by Crippen LogP contribution is -2.24. The predicted molar refractivity (Wildman–Crippen MR) is 144 cm³/mol. The van der Waals surface area contributed by atoms with E-state index in [2.05, 4.69) is 9.97 Å². The maximum atomic E-state index is 16.0. The van der Waals surface area contributed by atoms with Gasteiger partial charge in [-0.2, -0.15) is 0 Å². The molecule has 1 fully saturated rings. The first-order valence-electron chi connectivity index (χ1n) is 11.6. The number of rotatable bonds is 5. The number of nitrogens with zero attached hydrogens (tertiary/aromatic N) is 3. The van der Waals surface area contributed by atoms with Crippen molar-refractivity contribution in [2.45, 2.75) is 37.0 Å². The van der Waals surface area contributed by atoms with E-state index in [-0.39, 0.29) is 38.7 Å². The fourth-order valence-electron chi connectivity index (χ4n) is 4.84. The molecule has 1 aliphatic carbocycles. The van der Waals surface area contributed by atoms with Crippen LogP contribution in [-0.2, 0) is 9.73 Å². The summed E-state index contributed by atoms with van der Waals surface area (Å²) in [5, 5.41) is 0.500. The van der Waals surface area contributed by atoms with Crippen molar-refractivity contribution in [1.29, 1.82) is 4.78 Å². The smallest absolute Gasteiger partial charge is 0.274 e. The molecule has 6 nitrogen and oxygen atoms in total. The molecule has 0 radical (unpaired) electrons. The van der Waals surface area contributed by atoms with Gasteiger partial charge in [0.25, 0.3) is 5.56 Å². The molecule has 38 heavy (non-hydrogen) atoms. The van der Waals surface area contributed by atoms with Crippen LogP contribution in [0.4, 0.5) is 8.78 Å². The minimum absolute atomic E-state index is 0.00614. The topological polar surface area (TPSA) is 88.7 Å². The first kappa shape index (κ1) is 26.5. The summed E-state index contributed by atoms with van der Waals surface area (Å²) in [6, 6.07) is 7.50. The molecular formula is C27H22Cl2F2N4O2S. The highest BCUT2D eigenvalue weighted by atomic mass is 35.5. The Morgan fingerprint density at radius 2 is 1.82 bits per heavy atom. The van der Waals surface area contributed by atoms with Gasteiger partial charge in [0, 0.05) is 36.1 Å². The number of aryl methyl sites for hydroxylation is 2. The molecule has 3 atom stereocenters. The van der Waals surface area contributed by atoms with E-state index in [0.29, 0.717) is 21.8 Å². The third-order valence-electron chi connectivity index (χ3n) is 6.74. The van der Waals surface area contributed by atoms with E-state index < -0.39 is 26.9 Å². The quantitative estimate of drug-likeness (QED) is 0.284. The fourth-order valence-corrected chi connectivity index (χ4v) is 6.09. The molecule has 4 aromatic rings. The van der Waals surface area contributed by atoms with Crippen molar-refractivity contribution in [1.82, 2.24) is 14.5 Å². The highest BCUT2D eigenvalue weighted by Gasteiger charge is 2.42. The van der Waals surface area contributed by atoms with Crippen LogP contribution >= 0.6 is 23.2 Å². The zero-order valence-corrected chi connectivity index (χ0v) is 22.9. The van der Waals surface area contributed by atoms with E-state index in [1.54, 1.807) is 32.3 Å². The Kier molecular flexibility index (Phi) is 6.65. The summed E-state index contributed by atoms with van der Waals surface area (Å²) < 4.78 is 52.4. The summed E-state index contributed by atoms with van der Waals surface area (Å²) in [6.45, 7) is 3.26. The third kappa shape index (κ3) is 4.52. The SMILES string of the molecule is Cc1cnc(-c2cccc(S(C)(=N)=O)c2F)c(F)c1-n1c(C)cc([C@H]2C[C@@H]2c2cncc(Cl)c2)c(Cl)c1=O. The van der Waals surface area contributed by atoms with Crippen molar-refractivity contribution in [2.75, 3.05) is 6.26 Å². The van der Waals surface area contributed by atoms with Crippen LogP contribution in [0.15, 0.2) is 58.6 Å². The summed E-state index contributed by atoms with van der Waals surface area (Å²) in [5.41, 5.74) is 1.07. The molecule has 0 saturated heterocycles. The van der Waals surface area contributed by atoms with E-state index >= 15 is 8.78 Å². The lowest BCUT2D eigenvalue weighted by Gasteiger charge is -2.18. The minimum atomic E-state index is -3.41. The molecule has 0 amide bonds. The van der Waals surface area contributed by atoms with Crippen molar-refractivity contribution < 1.29 is 13.0 Å². The lowest BCUT2D eigenvalue weighted by atomic mass is 10.0. The summed E-state index contributed by atoms with van der Waals surface area (Å²) in [5.74, 6) is -1.82. The largest absolute Gasteiger partial charge is 0.277 e. The van der Waals surface area contributed by atoms with Crippen LogP contribution in [0.1, 0.15) is 40.6 Å². The summed E-state index contributed by atoms with van der Waals surface area (Å²) in [7, 11) is -3.41. The second kappa shape index (κ2) is 9.55. The number of pyridine rings is 3. The molecule has 1 unspecified atom stereocenters. The van der Waals surface area contributed by atoms with E-state index in [0.717, 1.165) is 22.8 Å². The van der Waals surface area contributed by atoms with Gasteiger partial charge in [-0.05, 0) is 73.1 Å². The second-order valence-electron chi connectivity index (χ2n) is 9.49. The van der Waals surface area contributed by atoms with Crippen molar-refractivity contribution in [3.05, 3.63) is 103 Å². The monoisotopic (exact) mass is 574 g/mol. The van der Waals surface area contributed by atoms with E-state index in [1.165, 1.54) is 24.4 Å². The average molecular weight is 575 g/mol. The zero-order chi connectivity index (χ0) is 27.5. The summed E-state index contributed by atoms with van der Waals surface area (Å²) in [6.07, 6.45) is 6.47. The highest BCUT2D eigenvalue weighted by molar-refractivity contribution is 7.91. The van der Waals surface area contributed by atoms with Gasteiger partial charge in [-0.25, -0.2) is 17.8 Å². The summed E-state index contributed by atoms with van der Waals surface area (Å²) >= 11 is 12.6. The number of hydrogen-bond acceptors (Lipinski definition) is 5. The van der Waals surface area contributed by atoms with Gasteiger partial charge in [-0.3, -0.25) is 19.3 Å². The van der Waals surface area contributed by atoms with Crippen molar-refractivity contribution in [3.8, 4) is 16.9 Å². The van der Waals surface area contributed by atoms with Gasteiger partial charge >= 0.3 is 0 Å².